The number of aromatic nitrogens is 2. The van der Waals surface area contributed by atoms with E-state index >= 15 is 0 Å². The number of hydrogen-bond acceptors (Lipinski definition) is 7. The molecule has 0 radical (unpaired) electrons. The van der Waals surface area contributed by atoms with Gasteiger partial charge in [-0.3, -0.25) is 4.79 Å². The fraction of sp³-hybridized carbons (Fsp3) is 0.750. The molecule has 43 heavy (non-hydrogen) atoms. The highest BCUT2D eigenvalue weighted by Crippen LogP contribution is 2.60. The number of carbonyl (C=O) groups is 1. The number of aryl methyl sites for hydroxylation is 1. The van der Waals surface area contributed by atoms with Gasteiger partial charge in [-0.15, -0.1) is 0 Å². The summed E-state index contributed by atoms with van der Waals surface area (Å²) in [5, 5.41) is 24.7. The van der Waals surface area contributed by atoms with Crippen LogP contribution in [-0.2, 0) is 21.4 Å². The third-order valence-corrected chi connectivity index (χ3v) is 11.4. The number of esters is 1. The largest absolute Gasteiger partial charge is 0.461 e. The molecule has 0 amide bonds. The van der Waals surface area contributed by atoms with Crippen LogP contribution in [0.3, 0.4) is 0 Å². The molecule has 7 atom stereocenters. The molecule has 0 bridgehead atoms. The summed E-state index contributed by atoms with van der Waals surface area (Å²) in [4.78, 5) is 17.5. The van der Waals surface area contributed by atoms with Crippen LogP contribution in [0.15, 0.2) is 40.0 Å². The summed E-state index contributed by atoms with van der Waals surface area (Å²) in [6, 6.07) is 0. The van der Waals surface area contributed by atoms with Crippen molar-refractivity contribution in [3.8, 4) is 0 Å². The van der Waals surface area contributed by atoms with E-state index < -0.39 is 12.2 Å². The Hall–Kier alpha value is -2.25. The van der Waals surface area contributed by atoms with Crippen LogP contribution in [0.5, 0.6) is 0 Å². The van der Waals surface area contributed by atoms with Gasteiger partial charge in [0.25, 0.3) is 0 Å². The fourth-order valence-electron chi connectivity index (χ4n) is 8.75. The molecule has 5 rings (SSSR count). The number of nitrogens with zero attached hydrogens (tertiary/aromatic N) is 2. The Morgan fingerprint density at radius 2 is 1.95 bits per heavy atom. The second-order valence-electron chi connectivity index (χ2n) is 14.4. The van der Waals surface area contributed by atoms with Crippen LogP contribution in [0.4, 0.5) is 0 Å². The highest BCUT2D eigenvalue weighted by Gasteiger charge is 2.57. The van der Waals surface area contributed by atoms with E-state index in [1.165, 1.54) is 31.3 Å². The van der Waals surface area contributed by atoms with Crippen molar-refractivity contribution < 1.29 is 24.3 Å². The maximum Gasteiger partial charge on any atom is 0.306 e. The number of allylic oxidation sites excluding steroid dienone is 3. The van der Waals surface area contributed by atoms with E-state index in [1.807, 2.05) is 6.92 Å². The molecule has 0 unspecified atom stereocenters. The van der Waals surface area contributed by atoms with Gasteiger partial charge in [-0.05, 0) is 111 Å². The van der Waals surface area contributed by atoms with E-state index in [2.05, 4.69) is 44.7 Å². The van der Waals surface area contributed by atoms with Gasteiger partial charge in [0.2, 0.25) is 5.89 Å². The number of hydrogen-bond donors (Lipinski definition) is 2. The molecule has 1 aromatic heterocycles. The van der Waals surface area contributed by atoms with Gasteiger partial charge < -0.3 is 19.5 Å². The van der Waals surface area contributed by atoms with Crippen molar-refractivity contribution in [3.05, 3.63) is 47.2 Å². The van der Waals surface area contributed by atoms with Crippen LogP contribution in [0.25, 0.3) is 0 Å². The van der Waals surface area contributed by atoms with Gasteiger partial charge in [-0.25, -0.2) is 0 Å². The van der Waals surface area contributed by atoms with E-state index in [1.54, 1.807) is 0 Å². The maximum atomic E-state index is 12.7. The Kier molecular flexibility index (Phi) is 10.0. The molecule has 4 fully saturated rings. The van der Waals surface area contributed by atoms with Gasteiger partial charge in [-0.1, -0.05) is 57.2 Å². The standard InChI is InChI=1S/C36H54N2O5/c1-6-9-32-37-34(43-38-32)36(19-20-36)31(42-33(41)10-7-2)17-12-23(3)28-15-16-29-25(11-8-18-35(28,29)5)13-14-26-21-27(39)22-30(40)24(26)4/h13-14,23,27-31,39-40H,4,6-12,15-22H2,1-3,5H3/t23-,27-,28-,29+,30+,31+,35-/m1/s1. The number of aliphatic hydroxyl groups is 2. The second kappa shape index (κ2) is 13.4. The highest BCUT2D eigenvalue weighted by atomic mass is 16.5. The molecule has 7 nitrogen and oxygen atoms in total. The summed E-state index contributed by atoms with van der Waals surface area (Å²) in [6.07, 6.45) is 16.6. The Morgan fingerprint density at radius 3 is 2.67 bits per heavy atom. The average Bonchev–Trinajstić information content (AvgIpc) is 3.49. The normalized spacial score (nSPS) is 33.4. The fourth-order valence-corrected chi connectivity index (χ4v) is 8.75. The third-order valence-electron chi connectivity index (χ3n) is 11.4. The number of fused-ring (bicyclic) bond motifs is 1. The van der Waals surface area contributed by atoms with Gasteiger partial charge in [0.05, 0.1) is 17.6 Å². The van der Waals surface area contributed by atoms with Crippen molar-refractivity contribution in [1.82, 2.24) is 10.1 Å². The van der Waals surface area contributed by atoms with Gasteiger partial charge in [0, 0.05) is 19.3 Å². The van der Waals surface area contributed by atoms with E-state index in [4.69, 9.17) is 14.2 Å². The summed E-state index contributed by atoms with van der Waals surface area (Å²) in [5.74, 6) is 2.96. The van der Waals surface area contributed by atoms with Crippen molar-refractivity contribution in [1.29, 1.82) is 0 Å². The summed E-state index contributed by atoms with van der Waals surface area (Å²) < 4.78 is 12.0. The minimum absolute atomic E-state index is 0.121. The molecule has 4 saturated carbocycles. The first-order chi connectivity index (χ1) is 20.6. The Bertz CT molecular complexity index is 1210. The first kappa shape index (κ1) is 32.2. The molecule has 0 saturated heterocycles. The maximum absolute atomic E-state index is 12.7. The molecule has 238 valence electrons. The molecule has 1 aromatic rings. The van der Waals surface area contributed by atoms with E-state index in [9.17, 15) is 15.0 Å². The summed E-state index contributed by atoms with van der Waals surface area (Å²) in [7, 11) is 0. The molecule has 2 N–H and O–H groups in total. The van der Waals surface area contributed by atoms with Crippen molar-refractivity contribution in [2.45, 2.75) is 148 Å². The smallest absolute Gasteiger partial charge is 0.306 e. The lowest BCUT2D eigenvalue weighted by Gasteiger charge is -2.44. The van der Waals surface area contributed by atoms with Gasteiger partial charge >= 0.3 is 5.97 Å². The van der Waals surface area contributed by atoms with Crippen LogP contribution < -0.4 is 0 Å². The monoisotopic (exact) mass is 594 g/mol. The molecule has 4 aliphatic carbocycles. The molecule has 1 heterocycles. The lowest BCUT2D eigenvalue weighted by Crippen LogP contribution is -2.37. The van der Waals surface area contributed by atoms with Crippen molar-refractivity contribution >= 4 is 5.97 Å². The van der Waals surface area contributed by atoms with E-state index in [-0.39, 0.29) is 22.9 Å². The zero-order chi connectivity index (χ0) is 30.8. The zero-order valence-electron chi connectivity index (χ0n) is 26.9. The van der Waals surface area contributed by atoms with Gasteiger partial charge in [0.1, 0.15) is 6.10 Å². The first-order valence-corrected chi connectivity index (χ1v) is 17.1. The number of carbonyl (C=O) groups excluding carboxylic acids is 1. The molecular formula is C36H54N2O5. The topological polar surface area (TPSA) is 106 Å². The highest BCUT2D eigenvalue weighted by molar-refractivity contribution is 5.69. The molecule has 0 aliphatic heterocycles. The third kappa shape index (κ3) is 6.73. The Morgan fingerprint density at radius 1 is 1.16 bits per heavy atom. The molecule has 0 aromatic carbocycles. The van der Waals surface area contributed by atoms with Crippen LogP contribution in [0.1, 0.15) is 129 Å². The SMILES string of the molecule is C=C1C(=CC=C2CCC[C@]3(C)[C@@H]([C@H](C)CC[C@H](OC(=O)CCC)C4(c5nc(CCC)no5)CC4)CC[C@@H]23)C[C@@H](O)C[C@@H]1O. The van der Waals surface area contributed by atoms with Crippen LogP contribution in [-0.4, -0.2) is 44.6 Å². The zero-order valence-corrected chi connectivity index (χ0v) is 26.9. The van der Waals surface area contributed by atoms with Crippen LogP contribution in [0, 0.1) is 23.2 Å². The molecule has 4 aliphatic rings. The minimum Gasteiger partial charge on any atom is -0.461 e. The van der Waals surface area contributed by atoms with E-state index in [0.717, 1.165) is 68.3 Å². The van der Waals surface area contributed by atoms with Gasteiger partial charge in [0.15, 0.2) is 5.82 Å². The summed E-state index contributed by atoms with van der Waals surface area (Å²) >= 11 is 0. The Labute approximate surface area is 258 Å². The first-order valence-electron chi connectivity index (χ1n) is 17.1. The second-order valence-corrected chi connectivity index (χ2v) is 14.4. The van der Waals surface area contributed by atoms with Crippen LogP contribution in [0.2, 0.25) is 0 Å². The Balaban J connectivity index is 1.28. The number of aliphatic hydroxyl groups excluding tert-OH is 2. The number of rotatable bonds is 12. The molecule has 7 heteroatoms. The lowest BCUT2D eigenvalue weighted by molar-refractivity contribution is -0.152. The van der Waals surface area contributed by atoms with E-state index in [0.29, 0.717) is 42.9 Å². The molecule has 0 spiro atoms. The minimum atomic E-state index is -0.653. The van der Waals surface area contributed by atoms with Crippen molar-refractivity contribution in [2.24, 2.45) is 23.2 Å². The summed E-state index contributed by atoms with van der Waals surface area (Å²) in [5.41, 5.74) is 3.17. The number of ether oxygens (including phenoxy) is 1. The van der Waals surface area contributed by atoms with Crippen molar-refractivity contribution in [3.63, 3.8) is 0 Å². The quantitative estimate of drug-likeness (QED) is 0.244. The lowest BCUT2D eigenvalue weighted by atomic mass is 9.60. The average molecular weight is 595 g/mol. The molecular weight excluding hydrogens is 540 g/mol. The predicted octanol–water partition coefficient (Wildman–Crippen LogP) is 7.32. The predicted molar refractivity (Wildman–Crippen MR) is 167 cm³/mol. The van der Waals surface area contributed by atoms with Gasteiger partial charge in [-0.2, -0.15) is 4.98 Å². The summed E-state index contributed by atoms with van der Waals surface area (Å²) in [6.45, 7) is 13.1. The van der Waals surface area contributed by atoms with Crippen molar-refractivity contribution in [2.75, 3.05) is 0 Å². The van der Waals surface area contributed by atoms with Crippen LogP contribution >= 0.6 is 0 Å².